The van der Waals surface area contributed by atoms with Crippen LogP contribution in [0.3, 0.4) is 0 Å². The van der Waals surface area contributed by atoms with Gasteiger partial charge in [-0.1, -0.05) is 97.1 Å². The normalized spacial score (nSPS) is 11.4. The fraction of sp³-hybridized carbons (Fsp3) is 0. The highest BCUT2D eigenvalue weighted by Crippen LogP contribution is 2.37. The third-order valence-corrected chi connectivity index (χ3v) is 6.77. The molecular formula is C33H22N2. The highest BCUT2D eigenvalue weighted by atomic mass is 15.0. The highest BCUT2D eigenvalue weighted by molar-refractivity contribution is 6.06. The SMILES string of the molecule is c1ccc(-c2cc(-c3ccccc3)cc(-c3cn4c5ccccc5nc4c4ccccc34)c2)cc1. The molecule has 0 saturated carbocycles. The molecule has 2 heteroatoms. The van der Waals surface area contributed by atoms with Gasteiger partial charge in [0.05, 0.1) is 11.0 Å². The number of pyridine rings is 1. The van der Waals surface area contributed by atoms with E-state index in [2.05, 4.69) is 132 Å². The first kappa shape index (κ1) is 19.7. The van der Waals surface area contributed by atoms with Gasteiger partial charge in [0.2, 0.25) is 0 Å². The molecule has 0 aliphatic rings. The predicted octanol–water partition coefficient (Wildman–Crippen LogP) is 8.64. The van der Waals surface area contributed by atoms with Crippen LogP contribution in [0.25, 0.3) is 60.8 Å². The van der Waals surface area contributed by atoms with E-state index < -0.39 is 0 Å². The summed E-state index contributed by atoms with van der Waals surface area (Å²) in [4.78, 5) is 4.97. The average molecular weight is 447 g/mol. The maximum atomic E-state index is 4.97. The van der Waals surface area contributed by atoms with E-state index in [0.29, 0.717) is 0 Å². The summed E-state index contributed by atoms with van der Waals surface area (Å²) >= 11 is 0. The third-order valence-electron chi connectivity index (χ3n) is 6.77. The molecule has 5 aromatic carbocycles. The monoisotopic (exact) mass is 446 g/mol. The smallest absolute Gasteiger partial charge is 0.145 e. The number of para-hydroxylation sites is 2. The first-order chi connectivity index (χ1) is 17.3. The van der Waals surface area contributed by atoms with Crippen LogP contribution in [0, 0.1) is 0 Å². The Morgan fingerprint density at radius 3 is 1.69 bits per heavy atom. The van der Waals surface area contributed by atoms with Gasteiger partial charge in [-0.15, -0.1) is 0 Å². The highest BCUT2D eigenvalue weighted by Gasteiger charge is 2.14. The molecule has 0 saturated heterocycles. The van der Waals surface area contributed by atoms with E-state index in [1.807, 2.05) is 6.07 Å². The minimum atomic E-state index is 0.994. The Balaban J connectivity index is 1.57. The largest absolute Gasteiger partial charge is 0.298 e. The summed E-state index contributed by atoms with van der Waals surface area (Å²) in [5, 5.41) is 2.37. The van der Waals surface area contributed by atoms with Crippen molar-refractivity contribution in [1.29, 1.82) is 0 Å². The van der Waals surface area contributed by atoms with Crippen molar-refractivity contribution in [2.75, 3.05) is 0 Å². The summed E-state index contributed by atoms with van der Waals surface area (Å²) in [5.74, 6) is 0. The molecule has 0 spiro atoms. The molecule has 0 atom stereocenters. The summed E-state index contributed by atoms with van der Waals surface area (Å²) in [7, 11) is 0. The van der Waals surface area contributed by atoms with Crippen LogP contribution in [-0.2, 0) is 0 Å². The zero-order valence-corrected chi connectivity index (χ0v) is 19.1. The van der Waals surface area contributed by atoms with E-state index in [4.69, 9.17) is 4.98 Å². The molecule has 0 fully saturated rings. The summed E-state index contributed by atoms with van der Waals surface area (Å²) in [5.41, 5.74) is 10.4. The summed E-state index contributed by atoms with van der Waals surface area (Å²) in [6.45, 7) is 0. The quantitative estimate of drug-likeness (QED) is 0.265. The molecule has 0 aliphatic carbocycles. The van der Waals surface area contributed by atoms with Crippen molar-refractivity contribution in [3.8, 4) is 33.4 Å². The first-order valence-electron chi connectivity index (χ1n) is 11.9. The van der Waals surface area contributed by atoms with Crippen molar-refractivity contribution in [2.45, 2.75) is 0 Å². The lowest BCUT2D eigenvalue weighted by molar-refractivity contribution is 1.25. The van der Waals surface area contributed by atoms with Gasteiger partial charge in [-0.2, -0.15) is 0 Å². The van der Waals surface area contributed by atoms with Crippen LogP contribution >= 0.6 is 0 Å². The Bertz CT molecular complexity index is 1770. The number of fused-ring (bicyclic) bond motifs is 5. The summed E-state index contributed by atoms with van der Waals surface area (Å²) in [6, 6.07) is 45.1. The van der Waals surface area contributed by atoms with E-state index >= 15 is 0 Å². The minimum absolute atomic E-state index is 0.994. The lowest BCUT2D eigenvalue weighted by Crippen LogP contribution is -1.92. The lowest BCUT2D eigenvalue weighted by atomic mass is 9.92. The molecule has 2 aromatic heterocycles. The number of aromatic nitrogens is 2. The van der Waals surface area contributed by atoms with Gasteiger partial charge in [-0.25, -0.2) is 4.98 Å². The Labute approximate surface area is 203 Å². The van der Waals surface area contributed by atoms with Crippen LogP contribution < -0.4 is 0 Å². The Morgan fingerprint density at radius 2 is 1.00 bits per heavy atom. The fourth-order valence-corrected chi connectivity index (χ4v) is 5.08. The second-order valence-electron chi connectivity index (χ2n) is 8.91. The maximum absolute atomic E-state index is 4.97. The van der Waals surface area contributed by atoms with Crippen molar-refractivity contribution in [3.05, 3.63) is 134 Å². The molecule has 35 heavy (non-hydrogen) atoms. The van der Waals surface area contributed by atoms with E-state index in [1.165, 1.54) is 38.8 Å². The number of hydrogen-bond acceptors (Lipinski definition) is 1. The van der Waals surface area contributed by atoms with Crippen molar-refractivity contribution in [1.82, 2.24) is 9.38 Å². The Kier molecular flexibility index (Phi) is 4.49. The lowest BCUT2D eigenvalue weighted by Gasteiger charge is -2.14. The van der Waals surface area contributed by atoms with Gasteiger partial charge in [0.15, 0.2) is 0 Å². The molecule has 0 N–H and O–H groups in total. The maximum Gasteiger partial charge on any atom is 0.145 e. The topological polar surface area (TPSA) is 17.3 Å². The molecule has 2 heterocycles. The molecule has 0 bridgehead atoms. The van der Waals surface area contributed by atoms with Gasteiger partial charge >= 0.3 is 0 Å². The van der Waals surface area contributed by atoms with Crippen LogP contribution in [0.15, 0.2) is 134 Å². The zero-order chi connectivity index (χ0) is 23.2. The van der Waals surface area contributed by atoms with Crippen molar-refractivity contribution in [3.63, 3.8) is 0 Å². The first-order valence-corrected chi connectivity index (χ1v) is 11.9. The van der Waals surface area contributed by atoms with Crippen LogP contribution in [0.2, 0.25) is 0 Å². The number of benzene rings is 5. The molecule has 0 aliphatic heterocycles. The number of imidazole rings is 1. The van der Waals surface area contributed by atoms with Crippen molar-refractivity contribution in [2.24, 2.45) is 0 Å². The molecule has 164 valence electrons. The van der Waals surface area contributed by atoms with Crippen LogP contribution in [0.5, 0.6) is 0 Å². The summed E-state index contributed by atoms with van der Waals surface area (Å²) in [6.07, 6.45) is 2.26. The van der Waals surface area contributed by atoms with Crippen LogP contribution in [-0.4, -0.2) is 9.38 Å². The Hall–Kier alpha value is -4.69. The van der Waals surface area contributed by atoms with Crippen molar-refractivity contribution < 1.29 is 0 Å². The molecule has 0 amide bonds. The van der Waals surface area contributed by atoms with Crippen LogP contribution in [0.4, 0.5) is 0 Å². The van der Waals surface area contributed by atoms with Gasteiger partial charge in [0.25, 0.3) is 0 Å². The van der Waals surface area contributed by atoms with Gasteiger partial charge in [0.1, 0.15) is 5.65 Å². The van der Waals surface area contributed by atoms with E-state index in [1.54, 1.807) is 0 Å². The molecule has 7 rings (SSSR count). The molecular weight excluding hydrogens is 424 g/mol. The molecule has 0 radical (unpaired) electrons. The Morgan fingerprint density at radius 1 is 0.457 bits per heavy atom. The average Bonchev–Trinajstić information content (AvgIpc) is 3.32. The standard InChI is InChI=1S/C33H22N2/c1-3-11-23(12-4-1)25-19-26(24-13-5-2-6-14-24)21-27(20-25)30-22-35-32-18-10-9-17-31(32)34-33(35)29-16-8-7-15-28(29)30/h1-22H. The van der Waals surface area contributed by atoms with Gasteiger partial charge in [0, 0.05) is 17.1 Å². The third kappa shape index (κ3) is 3.31. The van der Waals surface area contributed by atoms with Gasteiger partial charge < -0.3 is 0 Å². The van der Waals surface area contributed by atoms with E-state index in [0.717, 1.165) is 22.1 Å². The number of nitrogens with zero attached hydrogens (tertiary/aromatic N) is 2. The van der Waals surface area contributed by atoms with Crippen molar-refractivity contribution >= 4 is 27.5 Å². The van der Waals surface area contributed by atoms with E-state index in [9.17, 15) is 0 Å². The number of rotatable bonds is 3. The molecule has 0 unspecified atom stereocenters. The molecule has 7 aromatic rings. The second kappa shape index (κ2) is 7.96. The number of hydrogen-bond donors (Lipinski definition) is 0. The fourth-order valence-electron chi connectivity index (χ4n) is 5.08. The minimum Gasteiger partial charge on any atom is -0.298 e. The molecule has 2 nitrogen and oxygen atoms in total. The van der Waals surface area contributed by atoms with Gasteiger partial charge in [-0.3, -0.25) is 4.40 Å². The second-order valence-corrected chi connectivity index (χ2v) is 8.91. The summed E-state index contributed by atoms with van der Waals surface area (Å²) < 4.78 is 2.24. The predicted molar refractivity (Wildman–Crippen MR) is 147 cm³/mol. The zero-order valence-electron chi connectivity index (χ0n) is 19.1. The van der Waals surface area contributed by atoms with Crippen LogP contribution in [0.1, 0.15) is 0 Å². The van der Waals surface area contributed by atoms with Gasteiger partial charge in [-0.05, 0) is 63.5 Å². The van der Waals surface area contributed by atoms with E-state index in [-0.39, 0.29) is 0 Å².